The van der Waals surface area contributed by atoms with Crippen molar-refractivity contribution in [1.82, 2.24) is 0 Å². The van der Waals surface area contributed by atoms with Gasteiger partial charge < -0.3 is 0 Å². The van der Waals surface area contributed by atoms with Crippen LogP contribution in [0.15, 0.2) is 24.3 Å². The largest absolute Gasteiger partial charge is 0.0843 e. The van der Waals surface area contributed by atoms with Crippen molar-refractivity contribution < 1.29 is 0 Å². The summed E-state index contributed by atoms with van der Waals surface area (Å²) in [4.78, 5) is 0. The van der Waals surface area contributed by atoms with Crippen molar-refractivity contribution in [2.45, 2.75) is 12.8 Å². The molecule has 0 saturated carbocycles. The van der Waals surface area contributed by atoms with E-state index in [1.807, 2.05) is 12.1 Å². The highest BCUT2D eigenvalue weighted by Crippen LogP contribution is 2.31. The number of benzene rings is 1. The summed E-state index contributed by atoms with van der Waals surface area (Å²) < 4.78 is 0. The zero-order chi connectivity index (χ0) is 7.84. The van der Waals surface area contributed by atoms with Gasteiger partial charge in [-0.3, -0.25) is 0 Å². The first-order valence-corrected chi connectivity index (χ1v) is 4.13. The quantitative estimate of drug-likeness (QED) is 0.551. The molecule has 0 spiro atoms. The van der Waals surface area contributed by atoms with Crippen LogP contribution in [0.2, 0.25) is 5.02 Å². The Balaban J connectivity index is 2.58. The number of rotatable bonds is 0. The molecule has 0 aromatic heterocycles. The number of halogens is 1. The summed E-state index contributed by atoms with van der Waals surface area (Å²) in [6.45, 7) is 2.18. The Hall–Kier alpha value is -0.750. The average Bonchev–Trinajstić information content (AvgIpc) is 2.33. The van der Waals surface area contributed by atoms with Crippen molar-refractivity contribution in [3.05, 3.63) is 40.4 Å². The minimum Gasteiger partial charge on any atom is -0.0843 e. The smallest absolute Gasteiger partial charge is 0.0409 e. The van der Waals surface area contributed by atoms with Gasteiger partial charge in [0.05, 0.1) is 0 Å². The van der Waals surface area contributed by atoms with E-state index in [2.05, 4.69) is 25.1 Å². The highest BCUT2D eigenvalue weighted by atomic mass is 35.5. The Bertz CT molecular complexity index is 313. The van der Waals surface area contributed by atoms with Crippen molar-refractivity contribution >= 4 is 17.7 Å². The van der Waals surface area contributed by atoms with Gasteiger partial charge in [0.2, 0.25) is 0 Å². The monoisotopic (exact) mass is 164 g/mol. The molecule has 1 aromatic rings. The molecule has 1 aliphatic rings. The highest BCUT2D eigenvalue weighted by molar-refractivity contribution is 6.30. The standard InChI is InChI=1S/C10H9Cl/c1-7-2-3-8-4-5-9(11)6-10(7)8/h2-7H,1H3. The van der Waals surface area contributed by atoms with E-state index in [4.69, 9.17) is 11.6 Å². The lowest BCUT2D eigenvalue weighted by Crippen LogP contribution is -1.85. The van der Waals surface area contributed by atoms with E-state index in [-0.39, 0.29) is 0 Å². The van der Waals surface area contributed by atoms with Gasteiger partial charge in [0.1, 0.15) is 0 Å². The molecule has 1 aliphatic carbocycles. The van der Waals surface area contributed by atoms with Crippen LogP contribution < -0.4 is 0 Å². The lowest BCUT2D eigenvalue weighted by molar-refractivity contribution is 0.990. The van der Waals surface area contributed by atoms with E-state index in [0.717, 1.165) is 5.02 Å². The molecule has 56 valence electrons. The summed E-state index contributed by atoms with van der Waals surface area (Å²) in [5.74, 6) is 0.531. The molecule has 1 atom stereocenters. The molecule has 0 amide bonds. The van der Waals surface area contributed by atoms with Crippen molar-refractivity contribution in [2.24, 2.45) is 0 Å². The van der Waals surface area contributed by atoms with Crippen LogP contribution in [0, 0.1) is 0 Å². The predicted octanol–water partition coefficient (Wildman–Crippen LogP) is 3.47. The van der Waals surface area contributed by atoms with Crippen molar-refractivity contribution in [3.63, 3.8) is 0 Å². The summed E-state index contributed by atoms with van der Waals surface area (Å²) >= 11 is 5.86. The molecule has 1 heteroatoms. The number of allylic oxidation sites excluding steroid dienone is 1. The molecule has 2 rings (SSSR count). The Morgan fingerprint density at radius 3 is 3.00 bits per heavy atom. The van der Waals surface area contributed by atoms with Crippen molar-refractivity contribution in [1.29, 1.82) is 0 Å². The first kappa shape index (κ1) is 6.93. The molecule has 0 saturated heterocycles. The van der Waals surface area contributed by atoms with E-state index < -0.39 is 0 Å². The SMILES string of the molecule is CC1C=Cc2ccc(Cl)cc21. The van der Waals surface area contributed by atoms with Gasteiger partial charge >= 0.3 is 0 Å². The lowest BCUT2D eigenvalue weighted by Gasteiger charge is -2.03. The van der Waals surface area contributed by atoms with Gasteiger partial charge in [-0.15, -0.1) is 0 Å². The Morgan fingerprint density at radius 1 is 1.36 bits per heavy atom. The van der Waals surface area contributed by atoms with Crippen LogP contribution in [0.3, 0.4) is 0 Å². The van der Waals surface area contributed by atoms with E-state index in [1.54, 1.807) is 0 Å². The van der Waals surface area contributed by atoms with Crippen LogP contribution in [0.5, 0.6) is 0 Å². The first-order chi connectivity index (χ1) is 5.27. The second-order valence-corrected chi connectivity index (χ2v) is 3.36. The fourth-order valence-corrected chi connectivity index (χ4v) is 1.62. The molecule has 0 bridgehead atoms. The van der Waals surface area contributed by atoms with Gasteiger partial charge in [0, 0.05) is 5.02 Å². The average molecular weight is 165 g/mol. The highest BCUT2D eigenvalue weighted by Gasteiger charge is 2.11. The normalized spacial score (nSPS) is 20.4. The summed E-state index contributed by atoms with van der Waals surface area (Å²) in [7, 11) is 0. The number of hydrogen-bond acceptors (Lipinski definition) is 0. The van der Waals surface area contributed by atoms with Gasteiger partial charge in [0.25, 0.3) is 0 Å². The maximum Gasteiger partial charge on any atom is 0.0409 e. The zero-order valence-electron chi connectivity index (χ0n) is 6.34. The third kappa shape index (κ3) is 1.08. The lowest BCUT2D eigenvalue weighted by atomic mass is 10.0. The Kier molecular flexibility index (Phi) is 1.50. The van der Waals surface area contributed by atoms with E-state index in [9.17, 15) is 0 Å². The van der Waals surface area contributed by atoms with Crippen LogP contribution in [0.25, 0.3) is 6.08 Å². The molecule has 0 heterocycles. The van der Waals surface area contributed by atoms with Crippen LogP contribution in [-0.4, -0.2) is 0 Å². The van der Waals surface area contributed by atoms with Gasteiger partial charge in [0.15, 0.2) is 0 Å². The van der Waals surface area contributed by atoms with Crippen LogP contribution in [-0.2, 0) is 0 Å². The fourth-order valence-electron chi connectivity index (χ4n) is 1.44. The van der Waals surface area contributed by atoms with Crippen molar-refractivity contribution in [3.8, 4) is 0 Å². The van der Waals surface area contributed by atoms with E-state index >= 15 is 0 Å². The van der Waals surface area contributed by atoms with Gasteiger partial charge in [-0.2, -0.15) is 0 Å². The van der Waals surface area contributed by atoms with Gasteiger partial charge in [-0.05, 0) is 29.2 Å². The second-order valence-electron chi connectivity index (χ2n) is 2.92. The molecular weight excluding hydrogens is 156 g/mol. The molecule has 0 nitrogen and oxygen atoms in total. The van der Waals surface area contributed by atoms with Gasteiger partial charge in [-0.25, -0.2) is 0 Å². The molecule has 0 radical (unpaired) electrons. The molecule has 11 heavy (non-hydrogen) atoms. The predicted molar refractivity (Wildman–Crippen MR) is 48.9 cm³/mol. The van der Waals surface area contributed by atoms with Crippen LogP contribution >= 0.6 is 11.6 Å². The second kappa shape index (κ2) is 2.38. The third-order valence-corrected chi connectivity index (χ3v) is 2.34. The van der Waals surface area contributed by atoms with Crippen LogP contribution in [0.1, 0.15) is 24.0 Å². The molecular formula is C10H9Cl. The number of fused-ring (bicyclic) bond motifs is 1. The number of hydrogen-bond donors (Lipinski definition) is 0. The summed E-state index contributed by atoms with van der Waals surface area (Å²) in [6.07, 6.45) is 4.34. The minimum absolute atomic E-state index is 0.531. The molecule has 0 aliphatic heterocycles. The van der Waals surface area contributed by atoms with Crippen LogP contribution in [0.4, 0.5) is 0 Å². The van der Waals surface area contributed by atoms with E-state index in [0.29, 0.717) is 5.92 Å². The summed E-state index contributed by atoms with van der Waals surface area (Å²) in [6, 6.07) is 6.04. The molecule has 1 aromatic carbocycles. The van der Waals surface area contributed by atoms with Crippen molar-refractivity contribution in [2.75, 3.05) is 0 Å². The third-order valence-electron chi connectivity index (χ3n) is 2.10. The summed E-state index contributed by atoms with van der Waals surface area (Å²) in [5, 5.41) is 0.833. The first-order valence-electron chi connectivity index (χ1n) is 3.75. The topological polar surface area (TPSA) is 0 Å². The summed E-state index contributed by atoms with van der Waals surface area (Å²) in [5.41, 5.74) is 2.65. The Labute approximate surface area is 71.5 Å². The van der Waals surface area contributed by atoms with E-state index in [1.165, 1.54) is 11.1 Å². The maximum atomic E-state index is 5.86. The zero-order valence-corrected chi connectivity index (χ0v) is 7.10. The molecule has 0 N–H and O–H groups in total. The molecule has 0 fully saturated rings. The molecule has 1 unspecified atom stereocenters. The Morgan fingerprint density at radius 2 is 2.18 bits per heavy atom. The fraction of sp³-hybridized carbons (Fsp3) is 0.200. The minimum atomic E-state index is 0.531. The van der Waals surface area contributed by atoms with Gasteiger partial charge in [-0.1, -0.05) is 36.7 Å². The maximum absolute atomic E-state index is 5.86.